The average molecular weight is 702 g/mol. The molecule has 10 heteroatoms. The first-order valence-electron chi connectivity index (χ1n) is 19.3. The maximum atomic E-state index is 12.0. The third kappa shape index (κ3) is 35.8. The van der Waals surface area contributed by atoms with Gasteiger partial charge in [0, 0.05) is 19.4 Å². The summed E-state index contributed by atoms with van der Waals surface area (Å²) in [7, 11) is -4.40. The molecule has 0 aliphatic rings. The molecule has 0 fully saturated rings. The van der Waals surface area contributed by atoms with E-state index in [9.17, 15) is 24.2 Å². The van der Waals surface area contributed by atoms with Gasteiger partial charge in [-0.15, -0.1) is 0 Å². The number of carbonyl (C=O) groups excluding carboxylic acids is 2. The predicted octanol–water partition coefficient (Wildman–Crippen LogP) is 10.0. The van der Waals surface area contributed by atoms with Crippen LogP contribution in [0.1, 0.15) is 174 Å². The molecule has 0 heterocycles. The smallest absolute Gasteiger partial charge is 0.463 e. The van der Waals surface area contributed by atoms with Gasteiger partial charge in [0.25, 0.3) is 0 Å². The van der Waals surface area contributed by atoms with Gasteiger partial charge in [-0.05, 0) is 44.9 Å². The summed E-state index contributed by atoms with van der Waals surface area (Å²) in [6.45, 7) is 3.50. The zero-order chi connectivity index (χ0) is 35.4. The number of aliphatic hydroxyl groups is 1. The Morgan fingerprint density at radius 2 is 1.12 bits per heavy atom. The maximum absolute atomic E-state index is 12.0. The van der Waals surface area contributed by atoms with Crippen LogP contribution >= 0.6 is 7.82 Å². The maximum Gasteiger partial charge on any atom is 0.472 e. The number of nitrogens with one attached hydrogen (secondary N) is 1. The van der Waals surface area contributed by atoms with Gasteiger partial charge in [-0.25, -0.2) is 4.57 Å². The Bertz CT molecular complexity index is 851. The highest BCUT2D eigenvalue weighted by Gasteiger charge is 2.23. The van der Waals surface area contributed by atoms with E-state index in [1.165, 1.54) is 89.9 Å². The molecular weight excluding hydrogens is 629 g/mol. The van der Waals surface area contributed by atoms with Crippen LogP contribution in [0.15, 0.2) is 24.3 Å². The molecule has 0 rings (SSSR count). The monoisotopic (exact) mass is 701 g/mol. The molecule has 0 saturated carbocycles. The van der Waals surface area contributed by atoms with Gasteiger partial charge < -0.3 is 20.1 Å². The highest BCUT2D eigenvalue weighted by atomic mass is 31.2. The number of amides is 1. The number of carbonyl (C=O) groups is 2. The number of esters is 1. The molecule has 9 nitrogen and oxygen atoms in total. The minimum atomic E-state index is -4.40. The van der Waals surface area contributed by atoms with Gasteiger partial charge in [0.15, 0.2) is 0 Å². The van der Waals surface area contributed by atoms with E-state index in [0.717, 1.165) is 57.8 Å². The van der Waals surface area contributed by atoms with Crippen LogP contribution in [0.25, 0.3) is 0 Å². The lowest BCUT2D eigenvalue weighted by molar-refractivity contribution is -0.147. The molecule has 1 amide bonds. The predicted molar refractivity (Wildman–Crippen MR) is 197 cm³/mol. The van der Waals surface area contributed by atoms with Crippen LogP contribution in [0.2, 0.25) is 0 Å². The summed E-state index contributed by atoms with van der Waals surface area (Å²) in [6.07, 6.45) is 35.4. The fourth-order valence-corrected chi connectivity index (χ4v) is 5.93. The zero-order valence-corrected chi connectivity index (χ0v) is 31.6. The minimum Gasteiger partial charge on any atom is -0.463 e. The van der Waals surface area contributed by atoms with Crippen molar-refractivity contribution in [3.8, 4) is 0 Å². The van der Waals surface area contributed by atoms with Crippen LogP contribution in [0.5, 0.6) is 0 Å². The van der Waals surface area contributed by atoms with E-state index in [1.54, 1.807) is 0 Å². The Kier molecular flexibility index (Phi) is 34.2. The van der Waals surface area contributed by atoms with E-state index in [2.05, 4.69) is 43.5 Å². The van der Waals surface area contributed by atoms with Gasteiger partial charge in [0.05, 0.1) is 13.2 Å². The lowest BCUT2D eigenvalue weighted by Gasteiger charge is -2.15. The molecule has 0 aromatic carbocycles. The third-order valence-corrected chi connectivity index (χ3v) is 9.12. The Morgan fingerprint density at radius 3 is 1.69 bits per heavy atom. The molecule has 0 aliphatic carbocycles. The van der Waals surface area contributed by atoms with Gasteiger partial charge in [-0.1, -0.05) is 141 Å². The van der Waals surface area contributed by atoms with Crippen LogP contribution in [-0.2, 0) is 27.9 Å². The summed E-state index contributed by atoms with van der Waals surface area (Å²) in [5.74, 6) is -0.526. The molecule has 0 saturated heterocycles. The van der Waals surface area contributed by atoms with Crippen molar-refractivity contribution in [2.24, 2.45) is 0 Å². The highest BCUT2D eigenvalue weighted by Crippen LogP contribution is 2.42. The van der Waals surface area contributed by atoms with Gasteiger partial charge >= 0.3 is 13.8 Å². The largest absolute Gasteiger partial charge is 0.472 e. The fourth-order valence-electron chi connectivity index (χ4n) is 5.17. The Balaban J connectivity index is 3.62. The molecular formula is C38H72NO8P. The van der Waals surface area contributed by atoms with Crippen molar-refractivity contribution in [3.63, 3.8) is 0 Å². The standard InChI is InChI=1S/C38H72NO8P/c1-3-5-7-9-11-13-14-15-16-17-18-19-20-21-23-25-27-29-31-38(42)45-34-36(40)35-47-48(43,44)46-33-32-39-37(41)30-28-26-24-22-12-10-8-6-4-2/h13-14,16-17,36,40H,3-12,15,18-35H2,1-2H3,(H,39,41)(H,43,44)/b14-13-,17-16-. The normalized spacial score (nSPS) is 13.7. The van der Waals surface area contributed by atoms with Crippen molar-refractivity contribution in [1.82, 2.24) is 5.32 Å². The van der Waals surface area contributed by atoms with Gasteiger partial charge in [-0.2, -0.15) is 0 Å². The molecule has 3 N–H and O–H groups in total. The number of hydrogen-bond donors (Lipinski definition) is 3. The molecule has 0 aliphatic heterocycles. The van der Waals surface area contributed by atoms with Crippen molar-refractivity contribution >= 4 is 19.7 Å². The van der Waals surface area contributed by atoms with Gasteiger partial charge in [-0.3, -0.25) is 18.6 Å². The number of allylic oxidation sites excluding steroid dienone is 4. The number of aliphatic hydroxyl groups excluding tert-OH is 1. The van der Waals surface area contributed by atoms with Crippen molar-refractivity contribution in [2.45, 2.75) is 180 Å². The third-order valence-electron chi connectivity index (χ3n) is 8.13. The number of ether oxygens (including phenoxy) is 1. The second-order valence-corrected chi connectivity index (χ2v) is 14.4. The van der Waals surface area contributed by atoms with Crippen molar-refractivity contribution in [3.05, 3.63) is 24.3 Å². The zero-order valence-electron chi connectivity index (χ0n) is 30.7. The van der Waals surface area contributed by atoms with Gasteiger partial charge in [0.1, 0.15) is 12.7 Å². The van der Waals surface area contributed by atoms with Crippen LogP contribution in [0.4, 0.5) is 0 Å². The quantitative estimate of drug-likeness (QED) is 0.0255. The van der Waals surface area contributed by atoms with Crippen LogP contribution < -0.4 is 5.32 Å². The molecule has 0 aromatic heterocycles. The second kappa shape index (κ2) is 35.3. The first kappa shape index (κ1) is 46.5. The van der Waals surface area contributed by atoms with Crippen LogP contribution in [0, 0.1) is 0 Å². The van der Waals surface area contributed by atoms with Gasteiger partial charge in [0.2, 0.25) is 5.91 Å². The SMILES string of the molecule is CCCCCC/C=C\C/C=C\CCCCCCCCCC(=O)OCC(O)COP(=O)(O)OCCNC(=O)CCCCCCCCCCC. The Hall–Kier alpha value is -1.51. The summed E-state index contributed by atoms with van der Waals surface area (Å²) in [6, 6.07) is 0. The summed E-state index contributed by atoms with van der Waals surface area (Å²) < 4.78 is 26.7. The van der Waals surface area contributed by atoms with E-state index in [4.69, 9.17) is 13.8 Å². The van der Waals surface area contributed by atoms with Crippen LogP contribution in [0.3, 0.4) is 0 Å². The molecule has 2 unspecified atom stereocenters. The number of phosphoric ester groups is 1. The highest BCUT2D eigenvalue weighted by molar-refractivity contribution is 7.47. The molecule has 0 radical (unpaired) electrons. The lowest BCUT2D eigenvalue weighted by Crippen LogP contribution is -2.27. The van der Waals surface area contributed by atoms with E-state index >= 15 is 0 Å². The minimum absolute atomic E-state index is 0.0829. The molecule has 48 heavy (non-hydrogen) atoms. The second-order valence-electron chi connectivity index (χ2n) is 12.9. The van der Waals surface area contributed by atoms with Crippen molar-refractivity contribution in [2.75, 3.05) is 26.4 Å². The summed E-state index contributed by atoms with van der Waals surface area (Å²) in [5, 5.41) is 12.6. The summed E-state index contributed by atoms with van der Waals surface area (Å²) in [4.78, 5) is 33.7. The van der Waals surface area contributed by atoms with Crippen LogP contribution in [-0.4, -0.2) is 54.3 Å². The Morgan fingerprint density at radius 1 is 0.646 bits per heavy atom. The topological polar surface area (TPSA) is 131 Å². The fraction of sp³-hybridized carbons (Fsp3) is 0.842. The van der Waals surface area contributed by atoms with E-state index < -0.39 is 26.5 Å². The lowest BCUT2D eigenvalue weighted by atomic mass is 10.1. The first-order chi connectivity index (χ1) is 23.3. The van der Waals surface area contributed by atoms with E-state index in [1.807, 2.05) is 0 Å². The first-order valence-corrected chi connectivity index (χ1v) is 20.8. The summed E-state index contributed by atoms with van der Waals surface area (Å²) >= 11 is 0. The number of rotatable bonds is 36. The number of phosphoric acid groups is 1. The Labute approximate surface area is 293 Å². The van der Waals surface area contributed by atoms with Crippen molar-refractivity contribution < 1.29 is 37.9 Å². The summed E-state index contributed by atoms with van der Waals surface area (Å²) in [5.41, 5.74) is 0. The van der Waals surface area contributed by atoms with Crippen molar-refractivity contribution in [1.29, 1.82) is 0 Å². The average Bonchev–Trinajstić information content (AvgIpc) is 3.07. The number of unbranched alkanes of at least 4 members (excludes halogenated alkanes) is 19. The van der Waals surface area contributed by atoms with E-state index in [0.29, 0.717) is 6.42 Å². The molecule has 0 spiro atoms. The molecule has 282 valence electrons. The molecule has 0 bridgehead atoms. The molecule has 2 atom stereocenters. The number of hydrogen-bond acceptors (Lipinski definition) is 7. The van der Waals surface area contributed by atoms with E-state index in [-0.39, 0.29) is 32.1 Å². The molecule has 0 aromatic rings.